The third-order valence-electron chi connectivity index (χ3n) is 4.19. The van der Waals surface area contributed by atoms with Gasteiger partial charge in [0.15, 0.2) is 0 Å². The van der Waals surface area contributed by atoms with Crippen LogP contribution in [0.4, 0.5) is 4.79 Å². The summed E-state index contributed by atoms with van der Waals surface area (Å²) in [6.07, 6.45) is 1.89. The van der Waals surface area contributed by atoms with Crippen molar-refractivity contribution in [2.24, 2.45) is 5.41 Å². The van der Waals surface area contributed by atoms with E-state index in [0.717, 1.165) is 6.42 Å². The Morgan fingerprint density at radius 3 is 2.57 bits per heavy atom. The van der Waals surface area contributed by atoms with Gasteiger partial charge in [0, 0.05) is 26.2 Å². The van der Waals surface area contributed by atoms with Crippen molar-refractivity contribution in [3.8, 4) is 0 Å². The lowest BCUT2D eigenvalue weighted by Gasteiger charge is -2.39. The number of urea groups is 1. The highest BCUT2D eigenvalue weighted by molar-refractivity contribution is 5.78. The van der Waals surface area contributed by atoms with Crippen LogP contribution in [0.1, 0.15) is 47.0 Å². The minimum Gasteiger partial charge on any atom is -0.481 e. The monoisotopic (exact) mass is 300 g/mol. The maximum absolute atomic E-state index is 12.2. The zero-order valence-electron chi connectivity index (χ0n) is 13.6. The summed E-state index contributed by atoms with van der Waals surface area (Å²) < 4.78 is 5.54. The summed E-state index contributed by atoms with van der Waals surface area (Å²) in [5, 5.41) is 12.3. The maximum Gasteiger partial charge on any atom is 0.317 e. The van der Waals surface area contributed by atoms with Crippen LogP contribution >= 0.6 is 0 Å². The summed E-state index contributed by atoms with van der Waals surface area (Å²) in [7, 11) is 0. The molecule has 2 amide bonds. The van der Waals surface area contributed by atoms with Crippen molar-refractivity contribution in [1.29, 1.82) is 0 Å². The van der Waals surface area contributed by atoms with Gasteiger partial charge in [0.05, 0.1) is 11.0 Å². The van der Waals surface area contributed by atoms with E-state index in [-0.39, 0.29) is 12.6 Å². The maximum atomic E-state index is 12.2. The zero-order valence-corrected chi connectivity index (χ0v) is 13.6. The van der Waals surface area contributed by atoms with E-state index in [1.54, 1.807) is 4.90 Å². The lowest BCUT2D eigenvalue weighted by molar-refractivity contribution is -0.152. The fourth-order valence-corrected chi connectivity index (χ4v) is 2.76. The second kappa shape index (κ2) is 7.11. The van der Waals surface area contributed by atoms with Crippen LogP contribution in [0, 0.1) is 5.41 Å². The van der Waals surface area contributed by atoms with Crippen LogP contribution in [0.15, 0.2) is 0 Å². The van der Waals surface area contributed by atoms with Gasteiger partial charge < -0.3 is 20.1 Å². The zero-order chi connectivity index (χ0) is 16.1. The lowest BCUT2D eigenvalue weighted by Crippen LogP contribution is -2.54. The standard InChI is InChI=1S/C15H28N2O4/c1-5-15(12(18)19)8-7-9-17(11-15)13(20)16-10-14(3,4)21-6-2/h5-11H2,1-4H3,(H,16,20)(H,18,19). The Kier molecular flexibility index (Phi) is 6.01. The normalized spacial score (nSPS) is 23.0. The van der Waals surface area contributed by atoms with E-state index < -0.39 is 17.0 Å². The van der Waals surface area contributed by atoms with E-state index in [2.05, 4.69) is 5.32 Å². The fraction of sp³-hybridized carbons (Fsp3) is 0.867. The van der Waals surface area contributed by atoms with Gasteiger partial charge >= 0.3 is 12.0 Å². The molecule has 0 aromatic heterocycles. The highest BCUT2D eigenvalue weighted by Gasteiger charge is 2.42. The summed E-state index contributed by atoms with van der Waals surface area (Å²) >= 11 is 0. The van der Waals surface area contributed by atoms with Gasteiger partial charge in [-0.25, -0.2) is 4.79 Å². The first-order chi connectivity index (χ1) is 9.76. The second-order valence-electron chi connectivity index (χ2n) is 6.32. The number of carbonyl (C=O) groups excluding carboxylic acids is 1. The molecule has 0 saturated carbocycles. The predicted octanol–water partition coefficient (Wildman–Crippen LogP) is 2.09. The molecule has 1 rings (SSSR count). The minimum absolute atomic E-state index is 0.207. The molecule has 21 heavy (non-hydrogen) atoms. The third-order valence-corrected chi connectivity index (χ3v) is 4.19. The first kappa shape index (κ1) is 17.8. The molecule has 1 saturated heterocycles. The number of rotatable bonds is 6. The molecule has 2 N–H and O–H groups in total. The molecular weight excluding hydrogens is 272 g/mol. The van der Waals surface area contributed by atoms with Crippen molar-refractivity contribution >= 4 is 12.0 Å². The Balaban J connectivity index is 2.60. The predicted molar refractivity (Wildman–Crippen MR) is 80.3 cm³/mol. The van der Waals surface area contributed by atoms with Gasteiger partial charge in [0.1, 0.15) is 0 Å². The first-order valence-corrected chi connectivity index (χ1v) is 7.66. The van der Waals surface area contributed by atoms with Gasteiger partial charge in [-0.05, 0) is 40.0 Å². The molecule has 122 valence electrons. The number of hydrogen-bond donors (Lipinski definition) is 2. The van der Waals surface area contributed by atoms with Crippen molar-refractivity contribution in [3.63, 3.8) is 0 Å². The van der Waals surface area contributed by atoms with Crippen molar-refractivity contribution in [1.82, 2.24) is 10.2 Å². The molecule has 1 fully saturated rings. The van der Waals surface area contributed by atoms with Gasteiger partial charge in [-0.1, -0.05) is 6.92 Å². The van der Waals surface area contributed by atoms with Gasteiger partial charge in [0.25, 0.3) is 0 Å². The summed E-state index contributed by atoms with van der Waals surface area (Å²) in [6.45, 7) is 9.49. The highest BCUT2D eigenvalue weighted by Crippen LogP contribution is 2.33. The molecule has 0 aromatic carbocycles. The number of carboxylic acid groups (broad SMARTS) is 1. The van der Waals surface area contributed by atoms with E-state index in [4.69, 9.17) is 4.74 Å². The van der Waals surface area contributed by atoms with Crippen LogP contribution in [-0.4, -0.2) is 53.8 Å². The van der Waals surface area contributed by atoms with E-state index >= 15 is 0 Å². The number of likely N-dealkylation sites (tertiary alicyclic amines) is 1. The van der Waals surface area contributed by atoms with Crippen molar-refractivity contribution in [2.45, 2.75) is 52.6 Å². The molecule has 1 unspecified atom stereocenters. The number of ether oxygens (including phenoxy) is 1. The Bertz CT molecular complexity index is 384. The van der Waals surface area contributed by atoms with Crippen molar-refractivity contribution in [2.75, 3.05) is 26.2 Å². The molecule has 0 aliphatic carbocycles. The van der Waals surface area contributed by atoms with Crippen LogP contribution in [0.2, 0.25) is 0 Å². The van der Waals surface area contributed by atoms with E-state index in [9.17, 15) is 14.7 Å². The summed E-state index contributed by atoms with van der Waals surface area (Å²) in [5.41, 5.74) is -1.22. The number of carboxylic acids is 1. The number of nitrogens with one attached hydrogen (secondary N) is 1. The Morgan fingerprint density at radius 1 is 1.38 bits per heavy atom. The third kappa shape index (κ3) is 4.59. The van der Waals surface area contributed by atoms with Crippen molar-refractivity contribution in [3.05, 3.63) is 0 Å². The van der Waals surface area contributed by atoms with E-state index in [0.29, 0.717) is 32.5 Å². The van der Waals surface area contributed by atoms with Crippen LogP contribution in [0.3, 0.4) is 0 Å². The Labute approximate surface area is 126 Å². The quantitative estimate of drug-likeness (QED) is 0.787. The van der Waals surface area contributed by atoms with Crippen LogP contribution in [0.5, 0.6) is 0 Å². The van der Waals surface area contributed by atoms with E-state index in [1.807, 2.05) is 27.7 Å². The largest absolute Gasteiger partial charge is 0.481 e. The molecule has 1 heterocycles. The topological polar surface area (TPSA) is 78.9 Å². The number of hydrogen-bond acceptors (Lipinski definition) is 3. The molecule has 1 aliphatic heterocycles. The number of amides is 2. The minimum atomic E-state index is -0.808. The number of piperidine rings is 1. The van der Waals surface area contributed by atoms with Gasteiger partial charge in [-0.2, -0.15) is 0 Å². The summed E-state index contributed by atoms with van der Waals surface area (Å²) in [5.74, 6) is -0.808. The SMILES string of the molecule is CCOC(C)(C)CNC(=O)N1CCCC(CC)(C(=O)O)C1. The number of aliphatic carboxylic acids is 1. The molecule has 0 radical (unpaired) electrons. The smallest absolute Gasteiger partial charge is 0.317 e. The van der Waals surface area contributed by atoms with Gasteiger partial charge in [0.2, 0.25) is 0 Å². The molecule has 1 atom stereocenters. The molecule has 1 aliphatic rings. The first-order valence-electron chi connectivity index (χ1n) is 7.66. The van der Waals surface area contributed by atoms with E-state index in [1.165, 1.54) is 0 Å². The average Bonchev–Trinajstić information content (AvgIpc) is 2.44. The van der Waals surface area contributed by atoms with Gasteiger partial charge in [-0.15, -0.1) is 0 Å². The molecule has 0 aromatic rings. The molecule has 6 heteroatoms. The number of carbonyl (C=O) groups is 2. The Hall–Kier alpha value is -1.30. The van der Waals surface area contributed by atoms with Crippen molar-refractivity contribution < 1.29 is 19.4 Å². The summed E-state index contributed by atoms with van der Waals surface area (Å²) in [4.78, 5) is 25.4. The second-order valence-corrected chi connectivity index (χ2v) is 6.32. The molecule has 0 spiro atoms. The molecule has 0 bridgehead atoms. The van der Waals surface area contributed by atoms with Gasteiger partial charge in [-0.3, -0.25) is 4.79 Å². The summed E-state index contributed by atoms with van der Waals surface area (Å²) in [6, 6.07) is -0.207. The van der Waals surface area contributed by atoms with Crippen LogP contribution < -0.4 is 5.32 Å². The van der Waals surface area contributed by atoms with Crippen LogP contribution in [-0.2, 0) is 9.53 Å². The Morgan fingerprint density at radius 2 is 2.05 bits per heavy atom. The fourth-order valence-electron chi connectivity index (χ4n) is 2.76. The molecular formula is C15H28N2O4. The molecule has 6 nitrogen and oxygen atoms in total. The average molecular weight is 300 g/mol. The van der Waals surface area contributed by atoms with Crippen LogP contribution in [0.25, 0.3) is 0 Å². The number of nitrogens with zero attached hydrogens (tertiary/aromatic N) is 1. The highest BCUT2D eigenvalue weighted by atomic mass is 16.5. The lowest BCUT2D eigenvalue weighted by atomic mass is 9.78.